The zero-order valence-corrected chi connectivity index (χ0v) is 11.8. The van der Waals surface area contributed by atoms with Gasteiger partial charge < -0.3 is 5.32 Å². The Kier molecular flexibility index (Phi) is 3.93. The monoisotopic (exact) mass is 259 g/mol. The average molecular weight is 260 g/mol. The maximum absolute atomic E-state index is 6.01. The molecule has 0 heterocycles. The predicted octanol–water partition coefficient (Wildman–Crippen LogP) is 4.88. The van der Waals surface area contributed by atoms with Crippen LogP contribution < -0.4 is 5.32 Å². The maximum atomic E-state index is 6.01. The molecule has 0 aliphatic carbocycles. The van der Waals surface area contributed by atoms with Crippen molar-refractivity contribution < 1.29 is 0 Å². The van der Waals surface area contributed by atoms with Crippen LogP contribution in [0.3, 0.4) is 0 Å². The van der Waals surface area contributed by atoms with Gasteiger partial charge >= 0.3 is 0 Å². The highest BCUT2D eigenvalue weighted by Crippen LogP contribution is 2.21. The molecule has 0 spiro atoms. The molecule has 2 aromatic rings. The van der Waals surface area contributed by atoms with Crippen LogP contribution in [0.5, 0.6) is 0 Å². The van der Waals surface area contributed by atoms with Gasteiger partial charge in [0.15, 0.2) is 0 Å². The van der Waals surface area contributed by atoms with Crippen molar-refractivity contribution in [1.82, 2.24) is 0 Å². The van der Waals surface area contributed by atoms with Crippen molar-refractivity contribution in [2.75, 3.05) is 5.32 Å². The minimum absolute atomic E-state index is 0.767. The molecule has 0 saturated heterocycles. The van der Waals surface area contributed by atoms with Crippen molar-refractivity contribution >= 4 is 17.3 Å². The Morgan fingerprint density at radius 1 is 0.944 bits per heavy atom. The fourth-order valence-corrected chi connectivity index (χ4v) is 2.33. The maximum Gasteiger partial charge on any atom is 0.0426 e. The Morgan fingerprint density at radius 3 is 2.28 bits per heavy atom. The molecule has 0 bridgehead atoms. The van der Waals surface area contributed by atoms with Crippen LogP contribution in [-0.4, -0.2) is 0 Å². The van der Waals surface area contributed by atoms with E-state index in [4.69, 9.17) is 11.6 Å². The highest BCUT2D eigenvalue weighted by atomic mass is 35.5. The Bertz CT molecular complexity index is 541. The number of anilines is 1. The molecule has 18 heavy (non-hydrogen) atoms. The number of hydrogen-bond acceptors (Lipinski definition) is 1. The number of nitrogens with one attached hydrogen (secondary N) is 1. The van der Waals surface area contributed by atoms with Crippen LogP contribution in [0, 0.1) is 20.8 Å². The molecule has 0 atom stereocenters. The van der Waals surface area contributed by atoms with Gasteiger partial charge in [-0.05, 0) is 44.0 Å². The van der Waals surface area contributed by atoms with Gasteiger partial charge in [-0.15, -0.1) is 0 Å². The van der Waals surface area contributed by atoms with E-state index >= 15 is 0 Å². The van der Waals surface area contributed by atoms with E-state index in [1.165, 1.54) is 22.3 Å². The lowest BCUT2D eigenvalue weighted by Crippen LogP contribution is -2.01. The summed E-state index contributed by atoms with van der Waals surface area (Å²) >= 11 is 6.01. The normalized spacial score (nSPS) is 10.4. The summed E-state index contributed by atoms with van der Waals surface area (Å²) in [6, 6.07) is 12.5. The smallest absolute Gasteiger partial charge is 0.0426 e. The van der Waals surface area contributed by atoms with Gasteiger partial charge in [-0.3, -0.25) is 0 Å². The SMILES string of the molecule is Cc1cc(C)cc(CNc2cc(Cl)ccc2C)c1. The van der Waals surface area contributed by atoms with Crippen LogP contribution >= 0.6 is 11.6 Å². The highest BCUT2D eigenvalue weighted by molar-refractivity contribution is 6.30. The van der Waals surface area contributed by atoms with Crippen molar-refractivity contribution in [1.29, 1.82) is 0 Å². The minimum Gasteiger partial charge on any atom is -0.381 e. The predicted molar refractivity (Wildman–Crippen MR) is 79.4 cm³/mol. The van der Waals surface area contributed by atoms with Gasteiger partial charge in [-0.25, -0.2) is 0 Å². The fraction of sp³-hybridized carbons (Fsp3) is 0.250. The summed E-state index contributed by atoms with van der Waals surface area (Å²) < 4.78 is 0. The first-order chi connectivity index (χ1) is 8.54. The van der Waals surface area contributed by atoms with Crippen molar-refractivity contribution in [2.45, 2.75) is 27.3 Å². The first-order valence-electron chi connectivity index (χ1n) is 6.12. The molecular weight excluding hydrogens is 242 g/mol. The second-order valence-electron chi connectivity index (χ2n) is 4.81. The number of benzene rings is 2. The molecule has 1 nitrogen and oxygen atoms in total. The van der Waals surface area contributed by atoms with Crippen LogP contribution in [0.15, 0.2) is 36.4 Å². The van der Waals surface area contributed by atoms with Crippen molar-refractivity contribution in [3.05, 3.63) is 63.7 Å². The Morgan fingerprint density at radius 2 is 1.61 bits per heavy atom. The Balaban J connectivity index is 2.13. The Labute approximate surface area is 114 Å². The van der Waals surface area contributed by atoms with Gasteiger partial charge in [-0.1, -0.05) is 47.0 Å². The van der Waals surface area contributed by atoms with Crippen LogP contribution in [0.25, 0.3) is 0 Å². The standard InChI is InChI=1S/C16H18ClN/c1-11-6-12(2)8-14(7-11)10-18-16-9-15(17)5-4-13(16)3/h4-9,18H,10H2,1-3H3. The average Bonchev–Trinajstić information content (AvgIpc) is 2.29. The molecule has 2 aromatic carbocycles. The summed E-state index contributed by atoms with van der Waals surface area (Å²) in [4.78, 5) is 0. The fourth-order valence-electron chi connectivity index (χ4n) is 2.15. The molecule has 0 saturated carbocycles. The van der Waals surface area contributed by atoms with Gasteiger partial charge in [0, 0.05) is 17.3 Å². The minimum atomic E-state index is 0.767. The molecule has 0 fully saturated rings. The van der Waals surface area contributed by atoms with Crippen molar-refractivity contribution in [2.24, 2.45) is 0 Å². The van der Waals surface area contributed by atoms with Gasteiger partial charge in [0.05, 0.1) is 0 Å². The third-order valence-electron chi connectivity index (χ3n) is 2.96. The molecule has 94 valence electrons. The van der Waals surface area contributed by atoms with E-state index in [1.54, 1.807) is 0 Å². The zero-order chi connectivity index (χ0) is 13.1. The van der Waals surface area contributed by atoms with Gasteiger partial charge in [0.1, 0.15) is 0 Å². The molecule has 2 rings (SSSR count). The number of aryl methyl sites for hydroxylation is 3. The summed E-state index contributed by atoms with van der Waals surface area (Å²) in [6.45, 7) is 7.16. The molecule has 0 aliphatic rings. The topological polar surface area (TPSA) is 12.0 Å². The molecule has 0 aromatic heterocycles. The lowest BCUT2D eigenvalue weighted by Gasteiger charge is -2.11. The zero-order valence-electron chi connectivity index (χ0n) is 11.0. The molecule has 0 unspecified atom stereocenters. The lowest BCUT2D eigenvalue weighted by atomic mass is 10.1. The first kappa shape index (κ1) is 13.0. The molecule has 0 aliphatic heterocycles. The number of rotatable bonds is 3. The highest BCUT2D eigenvalue weighted by Gasteiger charge is 2.00. The summed E-state index contributed by atoms with van der Waals surface area (Å²) in [5.74, 6) is 0. The summed E-state index contributed by atoms with van der Waals surface area (Å²) in [6.07, 6.45) is 0. The van der Waals surface area contributed by atoms with E-state index in [0.717, 1.165) is 17.3 Å². The van der Waals surface area contributed by atoms with E-state index in [2.05, 4.69) is 44.3 Å². The summed E-state index contributed by atoms with van der Waals surface area (Å²) in [5.41, 5.74) is 6.21. The molecule has 0 radical (unpaired) electrons. The van der Waals surface area contributed by atoms with Gasteiger partial charge in [0.25, 0.3) is 0 Å². The van der Waals surface area contributed by atoms with Crippen LogP contribution in [0.1, 0.15) is 22.3 Å². The van der Waals surface area contributed by atoms with E-state index in [1.807, 2.05) is 18.2 Å². The van der Waals surface area contributed by atoms with Crippen molar-refractivity contribution in [3.8, 4) is 0 Å². The third kappa shape index (κ3) is 3.27. The third-order valence-corrected chi connectivity index (χ3v) is 3.20. The largest absolute Gasteiger partial charge is 0.381 e. The van der Waals surface area contributed by atoms with Gasteiger partial charge in [-0.2, -0.15) is 0 Å². The van der Waals surface area contributed by atoms with E-state index in [9.17, 15) is 0 Å². The summed E-state index contributed by atoms with van der Waals surface area (Å²) in [5, 5.41) is 4.21. The van der Waals surface area contributed by atoms with E-state index < -0.39 is 0 Å². The lowest BCUT2D eigenvalue weighted by molar-refractivity contribution is 1.12. The quantitative estimate of drug-likeness (QED) is 0.829. The van der Waals surface area contributed by atoms with Crippen LogP contribution in [0.4, 0.5) is 5.69 Å². The second kappa shape index (κ2) is 5.45. The Hall–Kier alpha value is -1.47. The van der Waals surface area contributed by atoms with Gasteiger partial charge in [0.2, 0.25) is 0 Å². The molecular formula is C16H18ClN. The van der Waals surface area contributed by atoms with E-state index in [0.29, 0.717) is 0 Å². The number of halogens is 1. The van der Waals surface area contributed by atoms with Crippen LogP contribution in [-0.2, 0) is 6.54 Å². The molecule has 1 N–H and O–H groups in total. The second-order valence-corrected chi connectivity index (χ2v) is 5.25. The van der Waals surface area contributed by atoms with Crippen molar-refractivity contribution in [3.63, 3.8) is 0 Å². The van der Waals surface area contributed by atoms with Crippen LogP contribution in [0.2, 0.25) is 5.02 Å². The van der Waals surface area contributed by atoms with E-state index in [-0.39, 0.29) is 0 Å². The summed E-state index contributed by atoms with van der Waals surface area (Å²) in [7, 11) is 0. The molecule has 0 amide bonds. The number of hydrogen-bond donors (Lipinski definition) is 1. The molecule has 2 heteroatoms. The first-order valence-corrected chi connectivity index (χ1v) is 6.49.